The molecule has 1 aromatic carbocycles. The molecule has 1 aromatic heterocycles. The van der Waals surface area contributed by atoms with E-state index in [9.17, 15) is 9.18 Å². The number of carbonyl (C=O) groups excluding carboxylic acids is 1. The van der Waals surface area contributed by atoms with Crippen molar-refractivity contribution in [1.82, 2.24) is 5.32 Å². The minimum absolute atomic E-state index is 0.0551. The number of benzene rings is 1. The molecule has 1 fully saturated rings. The number of halogens is 2. The Morgan fingerprint density at radius 1 is 1.57 bits per heavy atom. The van der Waals surface area contributed by atoms with Crippen molar-refractivity contribution in [2.45, 2.75) is 31.9 Å². The Hall–Kier alpha value is -1.17. The van der Waals surface area contributed by atoms with Gasteiger partial charge in [-0.2, -0.15) is 0 Å². The molecule has 3 rings (SSSR count). The van der Waals surface area contributed by atoms with Gasteiger partial charge in [-0.15, -0.1) is 11.3 Å². The summed E-state index contributed by atoms with van der Waals surface area (Å²) in [6, 6.07) is 4.27. The van der Waals surface area contributed by atoms with Gasteiger partial charge in [-0.3, -0.25) is 4.79 Å². The van der Waals surface area contributed by atoms with E-state index in [1.807, 2.05) is 6.92 Å². The van der Waals surface area contributed by atoms with E-state index in [0.717, 1.165) is 19.4 Å². The fourth-order valence-corrected chi connectivity index (χ4v) is 3.99. The maximum atomic E-state index is 13.2. The summed E-state index contributed by atoms with van der Waals surface area (Å²) in [6.07, 6.45) is 2.03. The lowest BCUT2D eigenvalue weighted by atomic mass is 10.1. The number of rotatable bonds is 3. The average Bonchev–Trinajstić information content (AvgIpc) is 3.07. The lowest BCUT2D eigenvalue weighted by Gasteiger charge is -2.19. The third kappa shape index (κ3) is 2.91. The van der Waals surface area contributed by atoms with Crippen LogP contribution in [0.4, 0.5) is 4.39 Å². The maximum absolute atomic E-state index is 13.2. The second-order valence-corrected chi connectivity index (χ2v) is 6.63. The van der Waals surface area contributed by atoms with Gasteiger partial charge in [0.1, 0.15) is 10.7 Å². The molecule has 0 unspecified atom stereocenters. The topological polar surface area (TPSA) is 38.3 Å². The van der Waals surface area contributed by atoms with Gasteiger partial charge in [0, 0.05) is 16.7 Å². The lowest BCUT2D eigenvalue weighted by molar-refractivity contribution is 0.0715. The van der Waals surface area contributed by atoms with Crippen LogP contribution < -0.4 is 5.32 Å². The Kier molecular flexibility index (Phi) is 4.15. The zero-order valence-electron chi connectivity index (χ0n) is 11.5. The molecule has 1 amide bonds. The molecule has 0 saturated carbocycles. The van der Waals surface area contributed by atoms with Gasteiger partial charge < -0.3 is 10.1 Å². The normalized spacial score (nSPS) is 19.9. The van der Waals surface area contributed by atoms with E-state index in [1.165, 1.54) is 23.5 Å². The Morgan fingerprint density at radius 2 is 2.38 bits per heavy atom. The second kappa shape index (κ2) is 5.91. The fourth-order valence-electron chi connectivity index (χ4n) is 2.55. The average molecular weight is 328 g/mol. The first-order valence-electron chi connectivity index (χ1n) is 6.86. The largest absolute Gasteiger partial charge is 0.376 e. The first-order valence-corrected chi connectivity index (χ1v) is 8.05. The minimum Gasteiger partial charge on any atom is -0.376 e. The van der Waals surface area contributed by atoms with Gasteiger partial charge in [0.2, 0.25) is 0 Å². The summed E-state index contributed by atoms with van der Waals surface area (Å²) in [4.78, 5) is 12.8. The number of ether oxygens (including phenoxy) is 1. The Morgan fingerprint density at radius 3 is 3.10 bits per heavy atom. The molecule has 0 bridgehead atoms. The summed E-state index contributed by atoms with van der Waals surface area (Å²) in [5.74, 6) is -0.565. The van der Waals surface area contributed by atoms with Crippen LogP contribution in [0.3, 0.4) is 0 Å². The summed E-state index contributed by atoms with van der Waals surface area (Å²) in [5.41, 5.74) is 0. The molecular weight excluding hydrogens is 313 g/mol. The summed E-state index contributed by atoms with van der Waals surface area (Å²) in [6.45, 7) is 2.67. The summed E-state index contributed by atoms with van der Waals surface area (Å²) in [7, 11) is 0. The van der Waals surface area contributed by atoms with Crippen LogP contribution in [-0.4, -0.2) is 24.7 Å². The number of thiophene rings is 1. The molecule has 1 saturated heterocycles. The Balaban J connectivity index is 1.82. The van der Waals surface area contributed by atoms with E-state index >= 15 is 0 Å². The third-order valence-corrected chi connectivity index (χ3v) is 5.34. The predicted octanol–water partition coefficient (Wildman–Crippen LogP) is 3.99. The van der Waals surface area contributed by atoms with Crippen LogP contribution in [0.2, 0.25) is 5.02 Å². The molecular formula is C15H15ClFNO2S. The van der Waals surface area contributed by atoms with Gasteiger partial charge in [-0.25, -0.2) is 4.39 Å². The van der Waals surface area contributed by atoms with Crippen LogP contribution in [0.15, 0.2) is 18.2 Å². The number of hydrogen-bond acceptors (Lipinski definition) is 3. The van der Waals surface area contributed by atoms with Gasteiger partial charge in [-0.1, -0.05) is 11.6 Å². The van der Waals surface area contributed by atoms with Crippen molar-refractivity contribution in [2.75, 3.05) is 6.61 Å². The molecule has 2 aromatic rings. The molecule has 0 aliphatic carbocycles. The predicted molar refractivity (Wildman–Crippen MR) is 82.7 cm³/mol. The van der Waals surface area contributed by atoms with Crippen molar-refractivity contribution in [2.24, 2.45) is 0 Å². The molecule has 112 valence electrons. The summed E-state index contributed by atoms with van der Waals surface area (Å²) < 4.78 is 19.5. The van der Waals surface area contributed by atoms with Crippen molar-refractivity contribution in [3.63, 3.8) is 0 Å². The van der Waals surface area contributed by atoms with E-state index < -0.39 is 0 Å². The molecule has 0 radical (unpaired) electrons. The van der Waals surface area contributed by atoms with E-state index in [0.29, 0.717) is 20.0 Å². The molecule has 21 heavy (non-hydrogen) atoms. The SMILES string of the molecule is C[C@@H](NC(=O)c1sc2cc(F)ccc2c1Cl)[C@@H]1CCCO1. The van der Waals surface area contributed by atoms with Gasteiger partial charge >= 0.3 is 0 Å². The van der Waals surface area contributed by atoms with Gasteiger partial charge in [0.25, 0.3) is 5.91 Å². The highest BCUT2D eigenvalue weighted by atomic mass is 35.5. The van der Waals surface area contributed by atoms with Crippen molar-refractivity contribution < 1.29 is 13.9 Å². The minimum atomic E-state index is -0.333. The highest BCUT2D eigenvalue weighted by molar-refractivity contribution is 7.21. The molecule has 1 aliphatic heterocycles. The van der Waals surface area contributed by atoms with Crippen LogP contribution in [0.5, 0.6) is 0 Å². The monoisotopic (exact) mass is 327 g/mol. The van der Waals surface area contributed by atoms with Crippen LogP contribution in [0.25, 0.3) is 10.1 Å². The number of hydrogen-bond donors (Lipinski definition) is 1. The Bertz CT molecular complexity index is 682. The highest BCUT2D eigenvalue weighted by Gasteiger charge is 2.25. The van der Waals surface area contributed by atoms with Crippen molar-refractivity contribution in [3.8, 4) is 0 Å². The summed E-state index contributed by atoms with van der Waals surface area (Å²) in [5, 5.41) is 4.01. The number of nitrogens with one attached hydrogen (secondary N) is 1. The summed E-state index contributed by atoms with van der Waals surface area (Å²) >= 11 is 7.45. The van der Waals surface area contributed by atoms with Crippen molar-refractivity contribution in [3.05, 3.63) is 33.9 Å². The van der Waals surface area contributed by atoms with E-state index in [-0.39, 0.29) is 23.9 Å². The molecule has 1 N–H and O–H groups in total. The van der Waals surface area contributed by atoms with E-state index in [1.54, 1.807) is 6.07 Å². The number of carbonyl (C=O) groups is 1. The quantitative estimate of drug-likeness (QED) is 0.925. The van der Waals surface area contributed by atoms with E-state index in [4.69, 9.17) is 16.3 Å². The molecule has 2 atom stereocenters. The standard InChI is InChI=1S/C15H15ClFNO2S/c1-8(11-3-2-6-20-11)18-15(19)14-13(16)10-5-4-9(17)7-12(10)21-14/h4-5,7-8,11H,2-3,6H2,1H3,(H,18,19)/t8-,11+/m1/s1. The third-order valence-electron chi connectivity index (χ3n) is 3.68. The molecule has 0 spiro atoms. The van der Waals surface area contributed by atoms with Gasteiger partial charge in [0.15, 0.2) is 0 Å². The zero-order valence-corrected chi connectivity index (χ0v) is 13.1. The first-order chi connectivity index (χ1) is 10.1. The first kappa shape index (κ1) is 14.8. The molecule has 6 heteroatoms. The zero-order chi connectivity index (χ0) is 15.0. The van der Waals surface area contributed by atoms with Crippen LogP contribution >= 0.6 is 22.9 Å². The van der Waals surface area contributed by atoms with Crippen molar-refractivity contribution >= 4 is 38.9 Å². The number of fused-ring (bicyclic) bond motifs is 1. The van der Waals surface area contributed by atoms with Gasteiger partial charge in [0.05, 0.1) is 17.2 Å². The lowest BCUT2D eigenvalue weighted by Crippen LogP contribution is -2.40. The van der Waals surface area contributed by atoms with Gasteiger partial charge in [-0.05, 0) is 38.0 Å². The van der Waals surface area contributed by atoms with Crippen LogP contribution in [0.1, 0.15) is 29.4 Å². The van der Waals surface area contributed by atoms with Crippen LogP contribution in [-0.2, 0) is 4.74 Å². The van der Waals surface area contributed by atoms with Crippen LogP contribution in [0, 0.1) is 5.82 Å². The van der Waals surface area contributed by atoms with E-state index in [2.05, 4.69) is 5.32 Å². The fraction of sp³-hybridized carbons (Fsp3) is 0.400. The molecule has 2 heterocycles. The Labute approximate surface area is 131 Å². The maximum Gasteiger partial charge on any atom is 0.263 e. The smallest absolute Gasteiger partial charge is 0.263 e. The molecule has 3 nitrogen and oxygen atoms in total. The van der Waals surface area contributed by atoms with Crippen molar-refractivity contribution in [1.29, 1.82) is 0 Å². The molecule has 1 aliphatic rings. The highest BCUT2D eigenvalue weighted by Crippen LogP contribution is 2.35. The second-order valence-electron chi connectivity index (χ2n) is 5.20. The number of amides is 1.